The number of aromatic nitrogens is 1. The van der Waals surface area contributed by atoms with Gasteiger partial charge in [0.05, 0.1) is 0 Å². The summed E-state index contributed by atoms with van der Waals surface area (Å²) in [6.07, 6.45) is 2.89. The maximum absolute atomic E-state index is 11.2. The van der Waals surface area contributed by atoms with Crippen LogP contribution in [0.5, 0.6) is 0 Å². The van der Waals surface area contributed by atoms with Crippen molar-refractivity contribution in [1.82, 2.24) is 9.88 Å². The Bertz CT molecular complexity index is 301. The fourth-order valence-corrected chi connectivity index (χ4v) is 1.48. The van der Waals surface area contributed by atoms with Crippen molar-refractivity contribution in [2.75, 3.05) is 6.54 Å². The van der Waals surface area contributed by atoms with Crippen LogP contribution in [0.25, 0.3) is 0 Å². The largest absolute Gasteiger partial charge is 0.350 e. The van der Waals surface area contributed by atoms with E-state index in [1.807, 2.05) is 23.9 Å². The summed E-state index contributed by atoms with van der Waals surface area (Å²) in [6, 6.07) is 2.01. The Balaban J connectivity index is 2.56. The molecular formula is C8H10N2O. The molecule has 0 fully saturated rings. The second-order valence-electron chi connectivity index (χ2n) is 2.81. The summed E-state index contributed by atoms with van der Waals surface area (Å²) < 4.78 is 1.86. The zero-order valence-electron chi connectivity index (χ0n) is 6.42. The molecule has 1 amide bonds. The summed E-state index contributed by atoms with van der Waals surface area (Å²) in [4.78, 5) is 11.2. The van der Waals surface area contributed by atoms with E-state index in [9.17, 15) is 4.79 Å². The first kappa shape index (κ1) is 6.46. The number of carbonyl (C=O) groups excluding carboxylic acids is 1. The van der Waals surface area contributed by atoms with E-state index in [0.29, 0.717) is 0 Å². The van der Waals surface area contributed by atoms with E-state index in [4.69, 9.17) is 0 Å². The lowest BCUT2D eigenvalue weighted by molar-refractivity contribution is 0.0937. The van der Waals surface area contributed by atoms with Gasteiger partial charge in [0, 0.05) is 19.8 Å². The molecule has 1 aliphatic heterocycles. The van der Waals surface area contributed by atoms with Crippen molar-refractivity contribution in [3.63, 3.8) is 0 Å². The van der Waals surface area contributed by atoms with Crippen molar-refractivity contribution in [1.29, 1.82) is 0 Å². The van der Waals surface area contributed by atoms with Gasteiger partial charge in [0.15, 0.2) is 0 Å². The Morgan fingerprint density at radius 2 is 2.45 bits per heavy atom. The van der Waals surface area contributed by atoms with Crippen LogP contribution in [-0.4, -0.2) is 17.0 Å². The van der Waals surface area contributed by atoms with Crippen molar-refractivity contribution in [3.05, 3.63) is 23.5 Å². The highest BCUT2D eigenvalue weighted by atomic mass is 16.2. The summed E-state index contributed by atoms with van der Waals surface area (Å²) in [5.74, 6) is 0.0544. The molecule has 0 saturated heterocycles. The lowest BCUT2D eigenvalue weighted by atomic mass is 10.1. The number of carbonyl (C=O) groups is 1. The van der Waals surface area contributed by atoms with E-state index in [1.54, 1.807) is 0 Å². The van der Waals surface area contributed by atoms with Gasteiger partial charge in [0.25, 0.3) is 5.91 Å². The molecule has 58 valence electrons. The lowest BCUT2D eigenvalue weighted by Gasteiger charge is -2.13. The molecular weight excluding hydrogens is 140 g/mol. The van der Waals surface area contributed by atoms with Crippen LogP contribution in [0.15, 0.2) is 12.3 Å². The molecule has 11 heavy (non-hydrogen) atoms. The quantitative estimate of drug-likeness (QED) is 0.567. The maximum Gasteiger partial charge on any atom is 0.268 e. The van der Waals surface area contributed by atoms with Crippen LogP contribution >= 0.6 is 0 Å². The van der Waals surface area contributed by atoms with Gasteiger partial charge in [0.2, 0.25) is 0 Å². The van der Waals surface area contributed by atoms with E-state index < -0.39 is 0 Å². The van der Waals surface area contributed by atoms with Gasteiger partial charge < -0.3 is 9.88 Å². The first-order valence-corrected chi connectivity index (χ1v) is 3.71. The average molecular weight is 150 g/mol. The number of aryl methyl sites for hydroxylation is 1. The first-order valence-electron chi connectivity index (χ1n) is 3.71. The summed E-state index contributed by atoms with van der Waals surface area (Å²) in [6.45, 7) is 0.774. The minimum Gasteiger partial charge on any atom is -0.350 e. The molecule has 1 aromatic rings. The van der Waals surface area contributed by atoms with Crippen LogP contribution in [0.3, 0.4) is 0 Å². The molecule has 0 atom stereocenters. The minimum atomic E-state index is 0.0544. The molecule has 2 heterocycles. The van der Waals surface area contributed by atoms with Crippen LogP contribution < -0.4 is 5.32 Å². The van der Waals surface area contributed by atoms with Crippen LogP contribution in [0, 0.1) is 0 Å². The summed E-state index contributed by atoms with van der Waals surface area (Å²) >= 11 is 0. The molecule has 1 aromatic heterocycles. The molecule has 2 rings (SSSR count). The highest BCUT2D eigenvalue weighted by Crippen LogP contribution is 2.13. The van der Waals surface area contributed by atoms with E-state index in [-0.39, 0.29) is 5.91 Å². The molecule has 1 N–H and O–H groups in total. The number of nitrogens with one attached hydrogen (secondary N) is 1. The van der Waals surface area contributed by atoms with Gasteiger partial charge >= 0.3 is 0 Å². The minimum absolute atomic E-state index is 0.0544. The van der Waals surface area contributed by atoms with Gasteiger partial charge in [0.1, 0.15) is 5.69 Å². The molecule has 3 nitrogen and oxygen atoms in total. The Morgan fingerprint density at radius 1 is 1.64 bits per heavy atom. The van der Waals surface area contributed by atoms with Gasteiger partial charge in [-0.05, 0) is 18.1 Å². The molecule has 0 aromatic carbocycles. The molecule has 0 unspecified atom stereocenters. The number of hydrogen-bond donors (Lipinski definition) is 1. The van der Waals surface area contributed by atoms with Crippen LogP contribution in [-0.2, 0) is 13.5 Å². The van der Waals surface area contributed by atoms with Crippen molar-refractivity contribution in [3.8, 4) is 0 Å². The Kier molecular flexibility index (Phi) is 1.24. The Morgan fingerprint density at radius 3 is 3.18 bits per heavy atom. The van der Waals surface area contributed by atoms with Crippen molar-refractivity contribution < 1.29 is 4.79 Å². The second-order valence-corrected chi connectivity index (χ2v) is 2.81. The molecule has 3 heteroatoms. The SMILES string of the molecule is Cn1ccc2c1C(=O)NCC2. The molecule has 0 aliphatic carbocycles. The summed E-state index contributed by atoms with van der Waals surface area (Å²) in [5, 5.41) is 2.81. The van der Waals surface area contributed by atoms with Gasteiger partial charge in [-0.25, -0.2) is 0 Å². The standard InChI is InChI=1S/C8H10N2O/c1-10-5-3-6-2-4-9-8(11)7(6)10/h3,5H,2,4H2,1H3,(H,9,11). The summed E-state index contributed by atoms with van der Waals surface area (Å²) in [5.41, 5.74) is 1.98. The zero-order valence-corrected chi connectivity index (χ0v) is 6.42. The van der Waals surface area contributed by atoms with E-state index in [1.165, 1.54) is 0 Å². The summed E-state index contributed by atoms with van der Waals surface area (Å²) in [7, 11) is 1.89. The third-order valence-electron chi connectivity index (χ3n) is 2.05. The smallest absolute Gasteiger partial charge is 0.268 e. The normalized spacial score (nSPS) is 15.9. The Labute approximate surface area is 65.0 Å². The molecule has 0 saturated carbocycles. The molecule has 1 aliphatic rings. The first-order chi connectivity index (χ1) is 5.29. The van der Waals surface area contributed by atoms with E-state index in [0.717, 1.165) is 24.2 Å². The number of nitrogens with zero attached hydrogens (tertiary/aromatic N) is 1. The van der Waals surface area contributed by atoms with Gasteiger partial charge in [-0.3, -0.25) is 4.79 Å². The third kappa shape index (κ3) is 0.843. The van der Waals surface area contributed by atoms with E-state index >= 15 is 0 Å². The van der Waals surface area contributed by atoms with Crippen LogP contribution in [0.4, 0.5) is 0 Å². The predicted octanol–water partition coefficient (Wildman–Crippen LogP) is 0.311. The fourth-order valence-electron chi connectivity index (χ4n) is 1.48. The fraction of sp³-hybridized carbons (Fsp3) is 0.375. The van der Waals surface area contributed by atoms with Crippen LogP contribution in [0.1, 0.15) is 16.1 Å². The molecule has 0 spiro atoms. The van der Waals surface area contributed by atoms with Gasteiger partial charge in [-0.1, -0.05) is 0 Å². The maximum atomic E-state index is 11.2. The third-order valence-corrected chi connectivity index (χ3v) is 2.05. The monoisotopic (exact) mass is 150 g/mol. The number of amides is 1. The predicted molar refractivity (Wildman–Crippen MR) is 41.5 cm³/mol. The number of hydrogen-bond acceptors (Lipinski definition) is 1. The topological polar surface area (TPSA) is 34.0 Å². The second kappa shape index (κ2) is 2.12. The van der Waals surface area contributed by atoms with Crippen molar-refractivity contribution >= 4 is 5.91 Å². The van der Waals surface area contributed by atoms with Gasteiger partial charge in [-0.15, -0.1) is 0 Å². The molecule has 0 radical (unpaired) electrons. The average Bonchev–Trinajstić information content (AvgIpc) is 2.34. The van der Waals surface area contributed by atoms with Crippen LogP contribution in [0.2, 0.25) is 0 Å². The highest BCUT2D eigenvalue weighted by Gasteiger charge is 2.18. The van der Waals surface area contributed by atoms with Crippen molar-refractivity contribution in [2.24, 2.45) is 7.05 Å². The lowest BCUT2D eigenvalue weighted by Crippen LogP contribution is -2.32. The zero-order chi connectivity index (χ0) is 7.84. The number of rotatable bonds is 0. The number of fused-ring (bicyclic) bond motifs is 1. The highest BCUT2D eigenvalue weighted by molar-refractivity contribution is 5.95. The van der Waals surface area contributed by atoms with Gasteiger partial charge in [-0.2, -0.15) is 0 Å². The van der Waals surface area contributed by atoms with Crippen molar-refractivity contribution in [2.45, 2.75) is 6.42 Å². The molecule has 0 bridgehead atoms. The van der Waals surface area contributed by atoms with E-state index in [2.05, 4.69) is 5.32 Å². The Hall–Kier alpha value is -1.25.